The lowest BCUT2D eigenvalue weighted by atomic mass is 10.1. The van der Waals surface area contributed by atoms with Gasteiger partial charge in [-0.1, -0.05) is 12.1 Å². The van der Waals surface area contributed by atoms with Gasteiger partial charge in [0, 0.05) is 22.8 Å². The lowest BCUT2D eigenvalue weighted by Gasteiger charge is -2.05. The number of phenolic OH excluding ortho intramolecular Hbond substituents is 1. The first kappa shape index (κ1) is 14.4. The molecule has 0 fully saturated rings. The maximum absolute atomic E-state index is 12.2. The molecule has 112 valence electrons. The molecule has 0 aliphatic carbocycles. The van der Waals surface area contributed by atoms with Crippen LogP contribution in [0.4, 0.5) is 5.69 Å². The van der Waals surface area contributed by atoms with Crippen LogP contribution in [0.3, 0.4) is 0 Å². The first-order valence-electron chi connectivity index (χ1n) is 6.95. The number of benzene rings is 2. The van der Waals surface area contributed by atoms with E-state index < -0.39 is 5.91 Å². The molecule has 0 bridgehead atoms. The minimum atomic E-state index is -0.495. The Bertz CT molecular complexity index is 931. The molecule has 23 heavy (non-hydrogen) atoms. The van der Waals surface area contributed by atoms with Gasteiger partial charge in [-0.2, -0.15) is 5.26 Å². The quantitative estimate of drug-likeness (QED) is 0.393. The second-order valence-corrected chi connectivity index (χ2v) is 4.96. The molecule has 0 radical (unpaired) electrons. The zero-order chi connectivity index (χ0) is 16.2. The summed E-state index contributed by atoms with van der Waals surface area (Å²) in [5.41, 5.74) is 2.25. The largest absolute Gasteiger partial charge is 0.508 e. The Morgan fingerprint density at radius 3 is 2.70 bits per heavy atom. The van der Waals surface area contributed by atoms with Crippen molar-refractivity contribution in [2.45, 2.75) is 0 Å². The fourth-order valence-corrected chi connectivity index (χ4v) is 2.28. The summed E-state index contributed by atoms with van der Waals surface area (Å²) in [5.74, 6) is -0.385. The van der Waals surface area contributed by atoms with Crippen LogP contribution in [0, 0.1) is 11.3 Å². The van der Waals surface area contributed by atoms with Crippen molar-refractivity contribution in [1.82, 2.24) is 4.98 Å². The Labute approximate surface area is 132 Å². The molecule has 0 unspecified atom stereocenters. The first-order chi connectivity index (χ1) is 11.2. The van der Waals surface area contributed by atoms with Gasteiger partial charge in [0.25, 0.3) is 5.91 Å². The molecule has 0 aliphatic rings. The van der Waals surface area contributed by atoms with Gasteiger partial charge in [-0.25, -0.2) is 0 Å². The van der Waals surface area contributed by atoms with E-state index in [1.54, 1.807) is 18.2 Å². The number of rotatable bonds is 3. The molecule has 0 spiro atoms. The fraction of sp³-hybridized carbons (Fsp3) is 0. The Hall–Kier alpha value is -3.52. The van der Waals surface area contributed by atoms with E-state index >= 15 is 0 Å². The number of nitriles is 1. The van der Waals surface area contributed by atoms with E-state index in [0.29, 0.717) is 5.69 Å². The average Bonchev–Trinajstić information content (AvgIpc) is 3.04. The number of aromatic hydroxyl groups is 1. The van der Waals surface area contributed by atoms with Crippen LogP contribution >= 0.6 is 0 Å². The van der Waals surface area contributed by atoms with Crippen LogP contribution in [0.1, 0.15) is 5.56 Å². The molecule has 0 saturated heterocycles. The topological polar surface area (TPSA) is 88.9 Å². The van der Waals surface area contributed by atoms with Crippen LogP contribution in [0.25, 0.3) is 17.0 Å². The van der Waals surface area contributed by atoms with Gasteiger partial charge in [-0.15, -0.1) is 0 Å². The van der Waals surface area contributed by atoms with Crippen LogP contribution < -0.4 is 5.32 Å². The van der Waals surface area contributed by atoms with Gasteiger partial charge >= 0.3 is 0 Å². The molecule has 3 aromatic rings. The number of phenols is 1. The van der Waals surface area contributed by atoms with Crippen molar-refractivity contribution >= 4 is 28.6 Å². The molecule has 0 aliphatic heterocycles. The second kappa shape index (κ2) is 6.08. The number of anilines is 1. The lowest BCUT2D eigenvalue weighted by Crippen LogP contribution is -2.13. The lowest BCUT2D eigenvalue weighted by molar-refractivity contribution is -0.112. The summed E-state index contributed by atoms with van der Waals surface area (Å²) in [5, 5.41) is 22.1. The number of amides is 1. The van der Waals surface area contributed by atoms with Gasteiger partial charge in [0.1, 0.15) is 17.4 Å². The van der Waals surface area contributed by atoms with E-state index in [-0.39, 0.29) is 11.3 Å². The van der Waals surface area contributed by atoms with Crippen molar-refractivity contribution < 1.29 is 9.90 Å². The number of carbonyl (C=O) groups excluding carboxylic acids is 1. The van der Waals surface area contributed by atoms with E-state index in [1.165, 1.54) is 12.1 Å². The number of aromatic nitrogens is 1. The molecule has 1 aromatic heterocycles. The number of nitrogens with one attached hydrogen (secondary N) is 2. The van der Waals surface area contributed by atoms with Crippen LogP contribution in [-0.2, 0) is 4.79 Å². The maximum Gasteiger partial charge on any atom is 0.266 e. The molecular weight excluding hydrogens is 290 g/mol. The Kier molecular flexibility index (Phi) is 3.81. The molecule has 3 rings (SSSR count). The van der Waals surface area contributed by atoms with Gasteiger partial charge < -0.3 is 15.4 Å². The van der Waals surface area contributed by atoms with E-state index in [9.17, 15) is 15.2 Å². The Morgan fingerprint density at radius 1 is 1.17 bits per heavy atom. The molecule has 0 saturated carbocycles. The third kappa shape index (κ3) is 3.06. The van der Waals surface area contributed by atoms with Crippen LogP contribution in [0.5, 0.6) is 5.75 Å². The number of aromatic amines is 1. The molecule has 2 aromatic carbocycles. The molecule has 0 atom stereocenters. The summed E-state index contributed by atoms with van der Waals surface area (Å²) in [4.78, 5) is 15.3. The SMILES string of the molecule is N#CC(=Cc1cccc2[nH]ccc12)C(=O)Nc1ccc(O)cc1. The number of H-pyrrole nitrogens is 1. The molecular formula is C18H13N3O2. The minimum absolute atomic E-state index is 0.00627. The summed E-state index contributed by atoms with van der Waals surface area (Å²) in [7, 11) is 0. The maximum atomic E-state index is 12.2. The third-order valence-corrected chi connectivity index (χ3v) is 3.42. The molecule has 5 heteroatoms. The second-order valence-electron chi connectivity index (χ2n) is 4.96. The van der Waals surface area contributed by atoms with E-state index in [2.05, 4.69) is 10.3 Å². The number of hydrogen-bond donors (Lipinski definition) is 3. The van der Waals surface area contributed by atoms with Gasteiger partial charge in [0.05, 0.1) is 0 Å². The summed E-state index contributed by atoms with van der Waals surface area (Å²) in [6, 6.07) is 15.5. The van der Waals surface area contributed by atoms with Crippen molar-refractivity contribution in [2.75, 3.05) is 5.32 Å². The highest BCUT2D eigenvalue weighted by atomic mass is 16.3. The van der Waals surface area contributed by atoms with Crippen molar-refractivity contribution in [2.24, 2.45) is 0 Å². The highest BCUT2D eigenvalue weighted by Gasteiger charge is 2.10. The zero-order valence-electron chi connectivity index (χ0n) is 12.1. The monoisotopic (exact) mass is 303 g/mol. The predicted octanol–water partition coefficient (Wildman–Crippen LogP) is 3.42. The summed E-state index contributed by atoms with van der Waals surface area (Å²) in [6.07, 6.45) is 3.37. The normalized spacial score (nSPS) is 11.2. The Morgan fingerprint density at radius 2 is 1.96 bits per heavy atom. The standard InChI is InChI=1S/C18H13N3O2/c19-11-13(18(23)21-14-4-6-15(22)7-5-14)10-12-2-1-3-17-16(12)8-9-20-17/h1-10,20,22H,(H,21,23). The van der Waals surface area contributed by atoms with Crippen molar-refractivity contribution in [1.29, 1.82) is 5.26 Å². The summed E-state index contributed by atoms with van der Waals surface area (Å²) >= 11 is 0. The fourth-order valence-electron chi connectivity index (χ4n) is 2.28. The number of nitrogens with zero attached hydrogens (tertiary/aromatic N) is 1. The zero-order valence-corrected chi connectivity index (χ0v) is 12.1. The minimum Gasteiger partial charge on any atom is -0.508 e. The van der Waals surface area contributed by atoms with E-state index in [1.807, 2.05) is 36.5 Å². The molecule has 1 heterocycles. The highest BCUT2D eigenvalue weighted by molar-refractivity contribution is 6.10. The van der Waals surface area contributed by atoms with Crippen molar-refractivity contribution in [3.8, 4) is 11.8 Å². The predicted molar refractivity (Wildman–Crippen MR) is 88.6 cm³/mol. The van der Waals surface area contributed by atoms with Gasteiger partial charge in [0.2, 0.25) is 0 Å². The molecule has 3 N–H and O–H groups in total. The first-order valence-corrected chi connectivity index (χ1v) is 6.95. The number of fused-ring (bicyclic) bond motifs is 1. The highest BCUT2D eigenvalue weighted by Crippen LogP contribution is 2.21. The van der Waals surface area contributed by atoms with Crippen LogP contribution in [0.2, 0.25) is 0 Å². The number of hydrogen-bond acceptors (Lipinski definition) is 3. The smallest absolute Gasteiger partial charge is 0.266 e. The van der Waals surface area contributed by atoms with E-state index in [4.69, 9.17) is 0 Å². The molecule has 1 amide bonds. The van der Waals surface area contributed by atoms with Crippen molar-refractivity contribution in [3.05, 3.63) is 65.9 Å². The van der Waals surface area contributed by atoms with Crippen LogP contribution in [-0.4, -0.2) is 16.0 Å². The van der Waals surface area contributed by atoms with E-state index in [0.717, 1.165) is 16.5 Å². The average molecular weight is 303 g/mol. The summed E-state index contributed by atoms with van der Waals surface area (Å²) < 4.78 is 0. The number of carbonyl (C=O) groups is 1. The third-order valence-electron chi connectivity index (χ3n) is 3.42. The van der Waals surface area contributed by atoms with Gasteiger partial charge in [-0.05, 0) is 48.0 Å². The Balaban J connectivity index is 1.89. The van der Waals surface area contributed by atoms with Gasteiger partial charge in [-0.3, -0.25) is 4.79 Å². The van der Waals surface area contributed by atoms with Gasteiger partial charge in [0.15, 0.2) is 0 Å². The molecule has 5 nitrogen and oxygen atoms in total. The van der Waals surface area contributed by atoms with Crippen LogP contribution in [0.15, 0.2) is 60.3 Å². The van der Waals surface area contributed by atoms with Crippen molar-refractivity contribution in [3.63, 3.8) is 0 Å². The summed E-state index contributed by atoms with van der Waals surface area (Å²) in [6.45, 7) is 0.